The normalized spacial score (nSPS) is 12.4. The van der Waals surface area contributed by atoms with Crippen molar-refractivity contribution in [1.82, 2.24) is 5.32 Å². The van der Waals surface area contributed by atoms with Gasteiger partial charge < -0.3 is 5.32 Å². The molecule has 0 aliphatic rings. The van der Waals surface area contributed by atoms with Crippen molar-refractivity contribution < 1.29 is 8.78 Å². The highest BCUT2D eigenvalue weighted by molar-refractivity contribution is 5.29. The second-order valence-electron chi connectivity index (χ2n) is 5.33. The topological polar surface area (TPSA) is 12.0 Å². The van der Waals surface area contributed by atoms with Crippen LogP contribution in [0.2, 0.25) is 0 Å². The summed E-state index contributed by atoms with van der Waals surface area (Å²) in [5.74, 6) is -0.487. The minimum absolute atomic E-state index is 0.221. The summed E-state index contributed by atoms with van der Waals surface area (Å²) in [5.41, 5.74) is 2.21. The molecular formula is C18H21F2N. The predicted molar refractivity (Wildman–Crippen MR) is 82.3 cm³/mol. The van der Waals surface area contributed by atoms with Gasteiger partial charge in [-0.1, -0.05) is 42.8 Å². The smallest absolute Gasteiger partial charge is 0.128 e. The highest BCUT2D eigenvalue weighted by Crippen LogP contribution is 2.23. The Labute approximate surface area is 125 Å². The molecule has 2 aromatic rings. The largest absolute Gasteiger partial charge is 0.310 e. The number of hydrogen-bond acceptors (Lipinski definition) is 1. The van der Waals surface area contributed by atoms with Crippen LogP contribution in [0.15, 0.2) is 42.5 Å². The van der Waals surface area contributed by atoms with E-state index in [4.69, 9.17) is 0 Å². The Balaban J connectivity index is 2.30. The van der Waals surface area contributed by atoms with Crippen molar-refractivity contribution in [2.75, 3.05) is 6.54 Å². The summed E-state index contributed by atoms with van der Waals surface area (Å²) in [6, 6.07) is 11.5. The van der Waals surface area contributed by atoms with Crippen LogP contribution in [-0.2, 0) is 6.42 Å². The Morgan fingerprint density at radius 3 is 2.52 bits per heavy atom. The second kappa shape index (κ2) is 7.32. The van der Waals surface area contributed by atoms with Crippen molar-refractivity contribution in [3.63, 3.8) is 0 Å². The van der Waals surface area contributed by atoms with Crippen LogP contribution in [0.1, 0.15) is 36.1 Å². The van der Waals surface area contributed by atoms with E-state index in [9.17, 15) is 8.78 Å². The van der Waals surface area contributed by atoms with Crippen molar-refractivity contribution in [3.8, 4) is 0 Å². The predicted octanol–water partition coefficient (Wildman–Crippen LogP) is 4.56. The summed E-state index contributed by atoms with van der Waals surface area (Å²) < 4.78 is 28.0. The van der Waals surface area contributed by atoms with Gasteiger partial charge in [0.15, 0.2) is 0 Å². The van der Waals surface area contributed by atoms with E-state index < -0.39 is 0 Å². The van der Waals surface area contributed by atoms with Gasteiger partial charge in [-0.3, -0.25) is 0 Å². The molecule has 112 valence electrons. The van der Waals surface area contributed by atoms with Gasteiger partial charge >= 0.3 is 0 Å². The zero-order valence-corrected chi connectivity index (χ0v) is 12.5. The molecule has 0 amide bonds. The number of halogens is 2. The number of hydrogen-bond donors (Lipinski definition) is 1. The molecule has 0 aromatic heterocycles. The zero-order valence-electron chi connectivity index (χ0n) is 12.5. The van der Waals surface area contributed by atoms with Crippen LogP contribution in [-0.4, -0.2) is 6.54 Å². The van der Waals surface area contributed by atoms with Gasteiger partial charge in [0, 0.05) is 11.6 Å². The van der Waals surface area contributed by atoms with Crippen LogP contribution in [0.25, 0.3) is 0 Å². The Kier molecular flexibility index (Phi) is 5.45. The van der Waals surface area contributed by atoms with Crippen molar-refractivity contribution >= 4 is 0 Å². The minimum Gasteiger partial charge on any atom is -0.310 e. The van der Waals surface area contributed by atoms with E-state index in [1.807, 2.05) is 19.1 Å². The Hall–Kier alpha value is -1.74. The molecular weight excluding hydrogens is 268 g/mol. The SMILES string of the molecule is CCCNC(Cc1ccccc1F)c1cc(C)ccc1F. The van der Waals surface area contributed by atoms with E-state index >= 15 is 0 Å². The van der Waals surface area contributed by atoms with Crippen LogP contribution in [0.3, 0.4) is 0 Å². The first-order valence-corrected chi connectivity index (χ1v) is 7.34. The van der Waals surface area contributed by atoms with Crippen molar-refractivity contribution in [2.45, 2.75) is 32.7 Å². The summed E-state index contributed by atoms with van der Waals surface area (Å²) in [5, 5.41) is 3.32. The molecule has 1 N–H and O–H groups in total. The third-order valence-electron chi connectivity index (χ3n) is 3.55. The van der Waals surface area contributed by atoms with Crippen molar-refractivity contribution in [3.05, 3.63) is 70.8 Å². The molecule has 0 heterocycles. The van der Waals surface area contributed by atoms with E-state index in [-0.39, 0.29) is 17.7 Å². The van der Waals surface area contributed by atoms with Gasteiger partial charge in [-0.25, -0.2) is 8.78 Å². The highest BCUT2D eigenvalue weighted by Gasteiger charge is 2.17. The fraction of sp³-hybridized carbons (Fsp3) is 0.333. The lowest BCUT2D eigenvalue weighted by Gasteiger charge is -2.20. The Bertz CT molecular complexity index is 596. The maximum atomic E-state index is 14.1. The molecule has 1 atom stereocenters. The van der Waals surface area contributed by atoms with Crippen molar-refractivity contribution in [2.24, 2.45) is 0 Å². The number of benzene rings is 2. The molecule has 0 saturated carbocycles. The lowest BCUT2D eigenvalue weighted by Crippen LogP contribution is -2.25. The van der Waals surface area contributed by atoms with Gasteiger partial charge in [-0.2, -0.15) is 0 Å². The van der Waals surface area contributed by atoms with Gasteiger partial charge in [0.25, 0.3) is 0 Å². The van der Waals surface area contributed by atoms with Crippen LogP contribution in [0.4, 0.5) is 8.78 Å². The summed E-state index contributed by atoms with van der Waals surface area (Å²) >= 11 is 0. The molecule has 0 bridgehead atoms. The molecule has 0 radical (unpaired) electrons. The average molecular weight is 289 g/mol. The first kappa shape index (κ1) is 15.6. The van der Waals surface area contributed by atoms with E-state index in [0.717, 1.165) is 18.5 Å². The molecule has 0 saturated heterocycles. The van der Waals surface area contributed by atoms with E-state index in [2.05, 4.69) is 12.2 Å². The second-order valence-corrected chi connectivity index (χ2v) is 5.33. The number of aryl methyl sites for hydroxylation is 1. The average Bonchev–Trinajstić information content (AvgIpc) is 2.48. The monoisotopic (exact) mass is 289 g/mol. The van der Waals surface area contributed by atoms with E-state index in [1.165, 1.54) is 12.1 Å². The molecule has 1 unspecified atom stereocenters. The maximum Gasteiger partial charge on any atom is 0.128 e. The molecule has 1 nitrogen and oxygen atoms in total. The lowest BCUT2D eigenvalue weighted by atomic mass is 9.96. The molecule has 0 aliphatic heterocycles. The fourth-order valence-electron chi connectivity index (χ4n) is 2.42. The maximum absolute atomic E-state index is 14.1. The van der Waals surface area contributed by atoms with Crippen molar-refractivity contribution in [1.29, 1.82) is 0 Å². The Morgan fingerprint density at radius 1 is 1.05 bits per heavy atom. The standard InChI is InChI=1S/C18H21F2N/c1-3-10-21-18(12-14-6-4-5-7-16(14)19)15-11-13(2)8-9-17(15)20/h4-9,11,18,21H,3,10,12H2,1-2H3. The fourth-order valence-corrected chi connectivity index (χ4v) is 2.42. The van der Waals surface area contributed by atoms with Gasteiger partial charge in [-0.15, -0.1) is 0 Å². The quantitative estimate of drug-likeness (QED) is 0.822. The third kappa shape index (κ3) is 4.11. The minimum atomic E-state index is -0.245. The summed E-state index contributed by atoms with van der Waals surface area (Å²) in [6.45, 7) is 4.76. The Morgan fingerprint density at radius 2 is 1.81 bits per heavy atom. The first-order chi connectivity index (χ1) is 10.1. The zero-order chi connectivity index (χ0) is 15.2. The highest BCUT2D eigenvalue weighted by atomic mass is 19.1. The van der Waals surface area contributed by atoms with E-state index in [1.54, 1.807) is 18.2 Å². The molecule has 21 heavy (non-hydrogen) atoms. The summed E-state index contributed by atoms with van der Waals surface area (Å²) in [6.07, 6.45) is 1.38. The number of rotatable bonds is 6. The van der Waals surface area contributed by atoms with Gasteiger partial charge in [0.2, 0.25) is 0 Å². The third-order valence-corrected chi connectivity index (χ3v) is 3.55. The summed E-state index contributed by atoms with van der Waals surface area (Å²) in [4.78, 5) is 0. The van der Waals surface area contributed by atoms with Crippen LogP contribution >= 0.6 is 0 Å². The lowest BCUT2D eigenvalue weighted by molar-refractivity contribution is 0.486. The summed E-state index contributed by atoms with van der Waals surface area (Å²) in [7, 11) is 0. The van der Waals surface area contributed by atoms with Crippen LogP contribution < -0.4 is 5.32 Å². The van der Waals surface area contributed by atoms with Crippen LogP contribution in [0.5, 0.6) is 0 Å². The molecule has 2 rings (SSSR count). The molecule has 3 heteroatoms. The van der Waals surface area contributed by atoms with Gasteiger partial charge in [0.1, 0.15) is 11.6 Å². The van der Waals surface area contributed by atoms with E-state index in [0.29, 0.717) is 17.5 Å². The molecule has 2 aromatic carbocycles. The molecule has 0 fully saturated rings. The van der Waals surface area contributed by atoms with Crippen LogP contribution in [0, 0.1) is 18.6 Å². The first-order valence-electron chi connectivity index (χ1n) is 7.34. The number of nitrogens with one attached hydrogen (secondary N) is 1. The molecule has 0 spiro atoms. The molecule has 0 aliphatic carbocycles. The van der Waals surface area contributed by atoms with Gasteiger partial charge in [-0.05, 0) is 44.0 Å². The van der Waals surface area contributed by atoms with Gasteiger partial charge in [0.05, 0.1) is 0 Å².